The summed E-state index contributed by atoms with van der Waals surface area (Å²) in [6, 6.07) is 8.49. The number of fused-ring (bicyclic) bond motifs is 3. The molecule has 2 aromatic heterocycles. The smallest absolute Gasteiger partial charge is 0.116 e. The molecule has 3 nitrogen and oxygen atoms in total. The lowest BCUT2D eigenvalue weighted by Gasteiger charge is -2.01. The van der Waals surface area contributed by atoms with Crippen molar-refractivity contribution in [3.05, 3.63) is 47.0 Å². The fourth-order valence-corrected chi connectivity index (χ4v) is 3.39. The van der Waals surface area contributed by atoms with Gasteiger partial charge in [0, 0.05) is 39.4 Å². The maximum Gasteiger partial charge on any atom is 0.116 e. The molecule has 1 aromatic carbocycles. The minimum atomic E-state index is 1.02. The fourth-order valence-electron chi connectivity index (χ4n) is 3.02. The largest absolute Gasteiger partial charge is 0.344 e. The van der Waals surface area contributed by atoms with Crippen LogP contribution in [-0.4, -0.2) is 14.5 Å². The molecule has 0 unspecified atom stereocenters. The first-order valence-electron chi connectivity index (χ1n) is 6.41. The van der Waals surface area contributed by atoms with Crippen molar-refractivity contribution in [2.45, 2.75) is 19.4 Å². The summed E-state index contributed by atoms with van der Waals surface area (Å²) < 4.78 is 3.54. The van der Waals surface area contributed by atoms with Crippen molar-refractivity contribution in [3.8, 4) is 11.3 Å². The van der Waals surface area contributed by atoms with Crippen LogP contribution in [0, 0.1) is 0 Å². The van der Waals surface area contributed by atoms with E-state index in [9.17, 15) is 0 Å². The Bertz CT molecular complexity index is 762. The average Bonchev–Trinajstić information content (AvgIpc) is 2.99. The topological polar surface area (TPSA) is 30.7 Å². The minimum Gasteiger partial charge on any atom is -0.344 e. The van der Waals surface area contributed by atoms with Crippen LogP contribution in [0.4, 0.5) is 0 Å². The van der Waals surface area contributed by atoms with Crippen molar-refractivity contribution in [1.82, 2.24) is 14.5 Å². The summed E-state index contributed by atoms with van der Waals surface area (Å²) in [6.45, 7) is 1.11. The maximum atomic E-state index is 4.44. The highest BCUT2D eigenvalue weighted by Crippen LogP contribution is 2.38. The van der Waals surface area contributed by atoms with Gasteiger partial charge in [-0.2, -0.15) is 0 Å². The second-order valence-corrected chi connectivity index (χ2v) is 5.75. The normalized spacial score (nSPS) is 13.9. The van der Waals surface area contributed by atoms with Crippen molar-refractivity contribution in [2.75, 3.05) is 0 Å². The van der Waals surface area contributed by atoms with Gasteiger partial charge in [-0.15, -0.1) is 0 Å². The van der Waals surface area contributed by atoms with E-state index in [1.807, 2.05) is 12.3 Å². The molecule has 0 radical (unpaired) electrons. The number of halogens is 1. The molecule has 1 aliphatic heterocycles. The van der Waals surface area contributed by atoms with Crippen molar-refractivity contribution in [1.29, 1.82) is 0 Å². The number of benzene rings is 1. The Morgan fingerprint density at radius 1 is 1.21 bits per heavy atom. The van der Waals surface area contributed by atoms with Gasteiger partial charge >= 0.3 is 0 Å². The van der Waals surface area contributed by atoms with Crippen LogP contribution in [0.25, 0.3) is 22.2 Å². The third-order valence-electron chi connectivity index (χ3n) is 3.77. The first-order valence-corrected chi connectivity index (χ1v) is 7.21. The number of aromatic nitrogens is 3. The zero-order chi connectivity index (χ0) is 12.8. The molecule has 1 aliphatic rings. The van der Waals surface area contributed by atoms with Gasteiger partial charge in [-0.3, -0.25) is 0 Å². The Balaban J connectivity index is 2.12. The van der Waals surface area contributed by atoms with E-state index in [0.29, 0.717) is 0 Å². The number of nitrogens with zero attached hydrogens (tertiary/aromatic N) is 3. The van der Waals surface area contributed by atoms with Gasteiger partial charge in [0.05, 0.1) is 5.69 Å². The molecule has 19 heavy (non-hydrogen) atoms. The molecule has 0 N–H and O–H groups in total. The van der Waals surface area contributed by atoms with Gasteiger partial charge in [0.1, 0.15) is 6.33 Å². The molecule has 0 saturated heterocycles. The van der Waals surface area contributed by atoms with Crippen LogP contribution < -0.4 is 0 Å². The summed E-state index contributed by atoms with van der Waals surface area (Å²) in [5.41, 5.74) is 5.01. The number of hydrogen-bond donors (Lipinski definition) is 0. The molecule has 4 heteroatoms. The Morgan fingerprint density at radius 3 is 3.00 bits per heavy atom. The predicted octanol–water partition coefficient (Wildman–Crippen LogP) is 3.81. The highest BCUT2D eigenvalue weighted by atomic mass is 79.9. The van der Waals surface area contributed by atoms with Crippen LogP contribution in [0.1, 0.15) is 12.1 Å². The highest BCUT2D eigenvalue weighted by molar-refractivity contribution is 9.10. The van der Waals surface area contributed by atoms with E-state index in [-0.39, 0.29) is 0 Å². The SMILES string of the molecule is Brc1ccc2c(c1)c(-c1ccncn1)c1n2CCC1. The Labute approximate surface area is 119 Å². The summed E-state index contributed by atoms with van der Waals surface area (Å²) in [4.78, 5) is 8.46. The highest BCUT2D eigenvalue weighted by Gasteiger charge is 2.22. The van der Waals surface area contributed by atoms with Crippen LogP contribution in [0.15, 0.2) is 41.3 Å². The van der Waals surface area contributed by atoms with Crippen molar-refractivity contribution in [3.63, 3.8) is 0 Å². The Kier molecular flexibility index (Phi) is 2.45. The average molecular weight is 314 g/mol. The van der Waals surface area contributed by atoms with E-state index in [1.54, 1.807) is 6.33 Å². The second kappa shape index (κ2) is 4.17. The number of hydrogen-bond acceptors (Lipinski definition) is 2. The minimum absolute atomic E-state index is 1.02. The molecule has 3 heterocycles. The van der Waals surface area contributed by atoms with Crippen LogP contribution in [0.2, 0.25) is 0 Å². The quantitative estimate of drug-likeness (QED) is 0.684. The van der Waals surface area contributed by atoms with Crippen molar-refractivity contribution in [2.24, 2.45) is 0 Å². The van der Waals surface area contributed by atoms with Gasteiger partial charge in [0.25, 0.3) is 0 Å². The number of rotatable bonds is 1. The van der Waals surface area contributed by atoms with Gasteiger partial charge in [0.15, 0.2) is 0 Å². The van der Waals surface area contributed by atoms with E-state index >= 15 is 0 Å². The first-order chi connectivity index (χ1) is 9.34. The molecule has 0 spiro atoms. The molecular formula is C15H12BrN3. The molecule has 94 valence electrons. The molecule has 3 aromatic rings. The zero-order valence-corrected chi connectivity index (χ0v) is 11.9. The van der Waals surface area contributed by atoms with Gasteiger partial charge < -0.3 is 4.57 Å². The van der Waals surface area contributed by atoms with Crippen molar-refractivity contribution < 1.29 is 0 Å². The summed E-state index contributed by atoms with van der Waals surface area (Å²) >= 11 is 3.57. The van der Waals surface area contributed by atoms with E-state index in [4.69, 9.17) is 0 Å². The molecule has 0 atom stereocenters. The summed E-state index contributed by atoms with van der Waals surface area (Å²) in [5.74, 6) is 0. The monoisotopic (exact) mass is 313 g/mol. The molecule has 0 saturated carbocycles. The molecule has 0 aliphatic carbocycles. The predicted molar refractivity (Wildman–Crippen MR) is 79.0 cm³/mol. The first kappa shape index (κ1) is 11.2. The van der Waals surface area contributed by atoms with Crippen LogP contribution in [0.5, 0.6) is 0 Å². The van der Waals surface area contributed by atoms with Gasteiger partial charge in [-0.05, 0) is 37.1 Å². The molecule has 0 amide bonds. The maximum absolute atomic E-state index is 4.44. The third kappa shape index (κ3) is 1.63. The molecule has 4 rings (SSSR count). The van der Waals surface area contributed by atoms with Crippen LogP contribution >= 0.6 is 15.9 Å². The van der Waals surface area contributed by atoms with Crippen LogP contribution in [-0.2, 0) is 13.0 Å². The lowest BCUT2D eigenvalue weighted by Crippen LogP contribution is -1.91. The summed E-state index contributed by atoms with van der Waals surface area (Å²) in [6.07, 6.45) is 5.79. The fraction of sp³-hybridized carbons (Fsp3) is 0.200. The third-order valence-corrected chi connectivity index (χ3v) is 4.26. The zero-order valence-electron chi connectivity index (χ0n) is 10.3. The Hall–Kier alpha value is -1.68. The van der Waals surface area contributed by atoms with Gasteiger partial charge in [0.2, 0.25) is 0 Å². The lowest BCUT2D eigenvalue weighted by molar-refractivity contribution is 0.772. The van der Waals surface area contributed by atoms with E-state index in [0.717, 1.165) is 23.1 Å². The van der Waals surface area contributed by atoms with Gasteiger partial charge in [-0.25, -0.2) is 9.97 Å². The van der Waals surface area contributed by atoms with E-state index < -0.39 is 0 Å². The summed E-state index contributed by atoms with van der Waals surface area (Å²) in [5, 5.41) is 1.28. The molecule has 0 bridgehead atoms. The van der Waals surface area contributed by atoms with Crippen molar-refractivity contribution >= 4 is 26.8 Å². The van der Waals surface area contributed by atoms with E-state index in [1.165, 1.54) is 28.6 Å². The standard InChI is InChI=1S/C15H12BrN3/c16-10-3-4-13-11(8-10)15(12-5-6-17-9-18-12)14-2-1-7-19(13)14/h3-6,8-9H,1-2,7H2. The molecule has 0 fully saturated rings. The van der Waals surface area contributed by atoms with Gasteiger partial charge in [-0.1, -0.05) is 15.9 Å². The van der Waals surface area contributed by atoms with Crippen LogP contribution in [0.3, 0.4) is 0 Å². The lowest BCUT2D eigenvalue weighted by atomic mass is 10.1. The Morgan fingerprint density at radius 2 is 2.16 bits per heavy atom. The van der Waals surface area contributed by atoms with E-state index in [2.05, 4.69) is 48.7 Å². The second-order valence-electron chi connectivity index (χ2n) is 4.83. The molecular weight excluding hydrogens is 302 g/mol. The number of aryl methyl sites for hydroxylation is 1. The summed E-state index contributed by atoms with van der Waals surface area (Å²) in [7, 11) is 0.